The molecule has 0 fully saturated rings. The molecule has 2 aromatic rings. The van der Waals surface area contributed by atoms with E-state index in [-0.39, 0.29) is 4.90 Å². The lowest BCUT2D eigenvalue weighted by atomic mass is 10.1. The van der Waals surface area contributed by atoms with Gasteiger partial charge in [-0.25, -0.2) is 8.42 Å². The van der Waals surface area contributed by atoms with E-state index in [1.54, 1.807) is 19.9 Å². The Bertz CT molecular complexity index is 772. The highest BCUT2D eigenvalue weighted by molar-refractivity contribution is 8.13. The smallest absolute Gasteiger partial charge is 0.261 e. The van der Waals surface area contributed by atoms with Crippen LogP contribution in [0.25, 0.3) is 0 Å². The number of rotatable bonds is 4. The fourth-order valence-corrected chi connectivity index (χ4v) is 3.27. The Balaban J connectivity index is 2.24. The fourth-order valence-electron chi connectivity index (χ4n) is 2.01. The number of hydrogen-bond acceptors (Lipinski definition) is 4. The van der Waals surface area contributed by atoms with E-state index in [9.17, 15) is 8.42 Å². The molecule has 0 aliphatic carbocycles. The van der Waals surface area contributed by atoms with Gasteiger partial charge in [-0.2, -0.15) is 0 Å². The molecule has 0 aliphatic heterocycles. The number of pyridine rings is 1. The van der Waals surface area contributed by atoms with Crippen LogP contribution in [0.3, 0.4) is 0 Å². The van der Waals surface area contributed by atoms with E-state index < -0.39 is 9.05 Å². The maximum Gasteiger partial charge on any atom is 0.261 e. The zero-order valence-electron chi connectivity index (χ0n) is 12.1. The minimum atomic E-state index is -3.74. The SMILES string of the molecule is Cc1cccc(COc2cc(C)c(S(=O)(=O)Cl)cc2C)n1. The third kappa shape index (κ3) is 3.95. The Labute approximate surface area is 129 Å². The summed E-state index contributed by atoms with van der Waals surface area (Å²) in [5, 5.41) is 0. The van der Waals surface area contributed by atoms with Crippen molar-refractivity contribution in [1.82, 2.24) is 4.98 Å². The van der Waals surface area contributed by atoms with Gasteiger partial charge in [0, 0.05) is 16.4 Å². The third-order valence-electron chi connectivity index (χ3n) is 3.06. The van der Waals surface area contributed by atoms with Crippen molar-refractivity contribution in [1.29, 1.82) is 0 Å². The van der Waals surface area contributed by atoms with Crippen LogP contribution in [0.1, 0.15) is 22.5 Å². The summed E-state index contributed by atoms with van der Waals surface area (Å²) in [5.41, 5.74) is 3.02. The lowest BCUT2D eigenvalue weighted by molar-refractivity contribution is 0.298. The lowest BCUT2D eigenvalue weighted by Gasteiger charge is -2.12. The van der Waals surface area contributed by atoms with Crippen LogP contribution in [-0.4, -0.2) is 13.4 Å². The van der Waals surface area contributed by atoms with Gasteiger partial charge in [-0.1, -0.05) is 6.07 Å². The lowest BCUT2D eigenvalue weighted by Crippen LogP contribution is -2.02. The summed E-state index contributed by atoms with van der Waals surface area (Å²) >= 11 is 0. The molecule has 0 saturated heterocycles. The van der Waals surface area contributed by atoms with Gasteiger partial charge in [0.05, 0.1) is 10.6 Å². The van der Waals surface area contributed by atoms with E-state index in [0.29, 0.717) is 23.5 Å². The van der Waals surface area contributed by atoms with Crippen molar-refractivity contribution in [2.24, 2.45) is 0 Å². The summed E-state index contributed by atoms with van der Waals surface area (Å²) < 4.78 is 28.6. The first-order valence-electron chi connectivity index (χ1n) is 6.38. The minimum Gasteiger partial charge on any atom is -0.487 e. The van der Waals surface area contributed by atoms with Crippen molar-refractivity contribution >= 4 is 19.7 Å². The van der Waals surface area contributed by atoms with Crippen molar-refractivity contribution in [3.8, 4) is 5.75 Å². The van der Waals surface area contributed by atoms with Gasteiger partial charge >= 0.3 is 0 Å². The normalized spacial score (nSPS) is 11.4. The standard InChI is InChI=1S/C15H16ClNO3S/c1-10-8-15(21(16,18)19)11(2)7-14(10)20-9-13-6-4-5-12(3)17-13/h4-8H,9H2,1-3H3. The van der Waals surface area contributed by atoms with Crippen molar-refractivity contribution in [2.75, 3.05) is 0 Å². The maximum atomic E-state index is 11.4. The maximum absolute atomic E-state index is 11.4. The number of hydrogen-bond donors (Lipinski definition) is 0. The number of aromatic nitrogens is 1. The molecule has 112 valence electrons. The van der Waals surface area contributed by atoms with Gasteiger partial charge < -0.3 is 4.74 Å². The number of aryl methyl sites for hydroxylation is 3. The van der Waals surface area contributed by atoms with E-state index in [1.165, 1.54) is 6.07 Å². The summed E-state index contributed by atoms with van der Waals surface area (Å²) in [6.07, 6.45) is 0. The van der Waals surface area contributed by atoms with E-state index in [1.807, 2.05) is 25.1 Å². The van der Waals surface area contributed by atoms with Crippen molar-refractivity contribution in [3.63, 3.8) is 0 Å². The number of benzene rings is 1. The molecule has 1 aromatic heterocycles. The van der Waals surface area contributed by atoms with Gasteiger partial charge in [-0.05, 0) is 56.2 Å². The molecule has 21 heavy (non-hydrogen) atoms. The molecule has 1 heterocycles. The van der Waals surface area contributed by atoms with Crippen molar-refractivity contribution < 1.29 is 13.2 Å². The predicted octanol–water partition coefficient (Wildman–Crippen LogP) is 3.51. The molecule has 0 atom stereocenters. The van der Waals surface area contributed by atoms with E-state index >= 15 is 0 Å². The molecule has 0 saturated carbocycles. The molecular weight excluding hydrogens is 310 g/mol. The molecular formula is C15H16ClNO3S. The summed E-state index contributed by atoms with van der Waals surface area (Å²) in [4.78, 5) is 4.47. The molecule has 4 nitrogen and oxygen atoms in total. The molecule has 0 amide bonds. The van der Waals surface area contributed by atoms with Crippen LogP contribution >= 0.6 is 10.7 Å². The molecule has 0 aliphatic rings. The highest BCUT2D eigenvalue weighted by Gasteiger charge is 2.16. The van der Waals surface area contributed by atoms with E-state index in [2.05, 4.69) is 4.98 Å². The molecule has 0 unspecified atom stereocenters. The summed E-state index contributed by atoms with van der Waals surface area (Å²) in [7, 11) is 1.66. The first-order chi connectivity index (χ1) is 9.77. The zero-order chi connectivity index (χ0) is 15.6. The third-order valence-corrected chi connectivity index (χ3v) is 4.52. The van der Waals surface area contributed by atoms with Gasteiger partial charge in [0.15, 0.2) is 0 Å². The Kier molecular flexibility index (Phi) is 4.54. The Morgan fingerprint density at radius 2 is 1.86 bits per heavy atom. The highest BCUT2D eigenvalue weighted by atomic mass is 35.7. The molecule has 6 heteroatoms. The Morgan fingerprint density at radius 1 is 1.14 bits per heavy atom. The summed E-state index contributed by atoms with van der Waals surface area (Å²) in [6.45, 7) is 5.71. The second-order valence-corrected chi connectivity index (χ2v) is 7.41. The molecule has 0 N–H and O–H groups in total. The van der Waals surface area contributed by atoms with E-state index in [4.69, 9.17) is 15.4 Å². The molecule has 1 aromatic carbocycles. The zero-order valence-corrected chi connectivity index (χ0v) is 13.6. The van der Waals surface area contributed by atoms with Gasteiger partial charge in [0.2, 0.25) is 0 Å². The summed E-state index contributed by atoms with van der Waals surface area (Å²) in [6, 6.07) is 8.92. The van der Waals surface area contributed by atoms with Crippen molar-refractivity contribution in [2.45, 2.75) is 32.3 Å². The van der Waals surface area contributed by atoms with Gasteiger partial charge in [0.25, 0.3) is 9.05 Å². The molecule has 2 rings (SSSR count). The van der Waals surface area contributed by atoms with Crippen LogP contribution in [0, 0.1) is 20.8 Å². The van der Waals surface area contributed by atoms with Crippen LogP contribution < -0.4 is 4.74 Å². The van der Waals surface area contributed by atoms with Gasteiger partial charge in [-0.15, -0.1) is 0 Å². The van der Waals surface area contributed by atoms with E-state index in [0.717, 1.165) is 11.4 Å². The van der Waals surface area contributed by atoms with Crippen LogP contribution in [-0.2, 0) is 15.7 Å². The minimum absolute atomic E-state index is 0.114. The fraction of sp³-hybridized carbons (Fsp3) is 0.267. The van der Waals surface area contributed by atoms with Crippen LogP contribution in [0.2, 0.25) is 0 Å². The average molecular weight is 326 g/mol. The second kappa shape index (κ2) is 6.03. The number of halogens is 1. The summed E-state index contributed by atoms with van der Waals surface area (Å²) in [5.74, 6) is 0.625. The Hall–Kier alpha value is -1.59. The highest BCUT2D eigenvalue weighted by Crippen LogP contribution is 2.28. The first-order valence-corrected chi connectivity index (χ1v) is 8.69. The monoisotopic (exact) mass is 325 g/mol. The van der Waals surface area contributed by atoms with Crippen LogP contribution in [0.4, 0.5) is 0 Å². The first kappa shape index (κ1) is 15.8. The second-order valence-electron chi connectivity index (χ2n) is 4.88. The molecule has 0 bridgehead atoms. The topological polar surface area (TPSA) is 56.3 Å². The Morgan fingerprint density at radius 3 is 2.48 bits per heavy atom. The molecule has 0 spiro atoms. The largest absolute Gasteiger partial charge is 0.487 e. The quantitative estimate of drug-likeness (QED) is 0.807. The van der Waals surface area contributed by atoms with Crippen molar-refractivity contribution in [3.05, 3.63) is 52.8 Å². The van der Waals surface area contributed by atoms with Crippen LogP contribution in [0.15, 0.2) is 35.2 Å². The van der Waals surface area contributed by atoms with Gasteiger partial charge in [0.1, 0.15) is 12.4 Å². The average Bonchev–Trinajstić information content (AvgIpc) is 2.38. The molecule has 0 radical (unpaired) electrons. The number of ether oxygens (including phenoxy) is 1. The predicted molar refractivity (Wildman–Crippen MR) is 82.3 cm³/mol. The number of nitrogens with zero attached hydrogens (tertiary/aromatic N) is 1. The van der Waals surface area contributed by atoms with Crippen LogP contribution in [0.5, 0.6) is 5.75 Å². The van der Waals surface area contributed by atoms with Gasteiger partial charge in [-0.3, -0.25) is 4.98 Å².